The first-order valence-corrected chi connectivity index (χ1v) is 6.28. The van der Waals surface area contributed by atoms with E-state index in [1.165, 1.54) is 5.56 Å². The van der Waals surface area contributed by atoms with Crippen molar-refractivity contribution in [3.05, 3.63) is 59.2 Å². The zero-order valence-corrected chi connectivity index (χ0v) is 11.3. The van der Waals surface area contributed by atoms with E-state index < -0.39 is 0 Å². The van der Waals surface area contributed by atoms with Crippen LogP contribution in [-0.4, -0.2) is 7.11 Å². The first-order chi connectivity index (χ1) is 9.22. The summed E-state index contributed by atoms with van der Waals surface area (Å²) in [5.41, 5.74) is 8.93. The van der Waals surface area contributed by atoms with Crippen molar-refractivity contribution in [3.8, 4) is 11.5 Å². The standard InChI is InChI=1S/C16H19NO2/c1-12-3-7-15(8-4-12)19-11-13-5-6-14(10-17)16(9-13)18-2/h3-9H,10-11,17H2,1-2H3. The number of rotatable bonds is 5. The maximum absolute atomic E-state index is 5.73. The Labute approximate surface area is 114 Å². The van der Waals surface area contributed by atoms with Gasteiger partial charge in [0.1, 0.15) is 18.1 Å². The third kappa shape index (κ3) is 3.48. The van der Waals surface area contributed by atoms with Crippen LogP contribution in [0.15, 0.2) is 42.5 Å². The molecule has 0 saturated carbocycles. The third-order valence-corrected chi connectivity index (χ3v) is 3.00. The molecule has 0 heterocycles. The van der Waals surface area contributed by atoms with Gasteiger partial charge in [0.25, 0.3) is 0 Å². The summed E-state index contributed by atoms with van der Waals surface area (Å²) in [6, 6.07) is 14.0. The highest BCUT2D eigenvalue weighted by Crippen LogP contribution is 2.21. The van der Waals surface area contributed by atoms with Crippen LogP contribution in [0.2, 0.25) is 0 Å². The monoisotopic (exact) mass is 257 g/mol. The SMILES string of the molecule is COc1cc(COc2ccc(C)cc2)ccc1CN. The van der Waals surface area contributed by atoms with Crippen molar-refractivity contribution in [2.24, 2.45) is 5.73 Å². The van der Waals surface area contributed by atoms with Crippen LogP contribution in [0.25, 0.3) is 0 Å². The van der Waals surface area contributed by atoms with E-state index in [0.29, 0.717) is 13.2 Å². The molecule has 0 unspecified atom stereocenters. The number of ether oxygens (including phenoxy) is 2. The number of methoxy groups -OCH3 is 1. The second-order valence-corrected chi connectivity index (χ2v) is 4.45. The highest BCUT2D eigenvalue weighted by atomic mass is 16.5. The fraction of sp³-hybridized carbons (Fsp3) is 0.250. The van der Waals surface area contributed by atoms with Crippen LogP contribution in [0.4, 0.5) is 0 Å². The molecule has 0 atom stereocenters. The van der Waals surface area contributed by atoms with E-state index in [1.54, 1.807) is 7.11 Å². The van der Waals surface area contributed by atoms with E-state index in [4.69, 9.17) is 15.2 Å². The number of benzene rings is 2. The molecular formula is C16H19NO2. The van der Waals surface area contributed by atoms with Gasteiger partial charge in [0.15, 0.2) is 0 Å². The van der Waals surface area contributed by atoms with Crippen LogP contribution >= 0.6 is 0 Å². The second kappa shape index (κ2) is 6.25. The molecule has 2 N–H and O–H groups in total. The minimum absolute atomic E-state index is 0.474. The van der Waals surface area contributed by atoms with E-state index >= 15 is 0 Å². The quantitative estimate of drug-likeness (QED) is 0.895. The molecule has 100 valence electrons. The van der Waals surface area contributed by atoms with Gasteiger partial charge in [-0.15, -0.1) is 0 Å². The van der Waals surface area contributed by atoms with Crippen molar-refractivity contribution in [2.75, 3.05) is 7.11 Å². The molecule has 0 saturated heterocycles. The topological polar surface area (TPSA) is 44.5 Å². The number of hydrogen-bond acceptors (Lipinski definition) is 3. The molecule has 0 radical (unpaired) electrons. The van der Waals surface area contributed by atoms with Crippen molar-refractivity contribution in [1.29, 1.82) is 0 Å². The lowest BCUT2D eigenvalue weighted by Crippen LogP contribution is -2.02. The molecule has 0 amide bonds. The predicted octanol–water partition coefficient (Wildman–Crippen LogP) is 3.04. The molecule has 0 aromatic heterocycles. The van der Waals surface area contributed by atoms with Crippen LogP contribution in [0, 0.1) is 6.92 Å². The Morgan fingerprint density at radius 3 is 2.42 bits per heavy atom. The average Bonchev–Trinajstić information content (AvgIpc) is 2.46. The smallest absolute Gasteiger partial charge is 0.123 e. The lowest BCUT2D eigenvalue weighted by atomic mass is 10.1. The predicted molar refractivity (Wildman–Crippen MR) is 76.4 cm³/mol. The highest BCUT2D eigenvalue weighted by Gasteiger charge is 2.03. The van der Waals surface area contributed by atoms with E-state index in [-0.39, 0.29) is 0 Å². The highest BCUT2D eigenvalue weighted by molar-refractivity contribution is 5.37. The zero-order valence-electron chi connectivity index (χ0n) is 11.3. The summed E-state index contributed by atoms with van der Waals surface area (Å²) in [6.45, 7) is 3.05. The molecule has 2 rings (SSSR count). The van der Waals surface area contributed by atoms with Crippen molar-refractivity contribution in [1.82, 2.24) is 0 Å². The maximum atomic E-state index is 5.73. The molecule has 0 aliphatic rings. The lowest BCUT2D eigenvalue weighted by molar-refractivity contribution is 0.305. The van der Waals surface area contributed by atoms with Gasteiger partial charge in [-0.1, -0.05) is 29.8 Å². The molecular weight excluding hydrogens is 238 g/mol. The molecule has 2 aromatic carbocycles. The van der Waals surface area contributed by atoms with Gasteiger partial charge in [-0.3, -0.25) is 0 Å². The Kier molecular flexibility index (Phi) is 4.42. The maximum Gasteiger partial charge on any atom is 0.123 e. The van der Waals surface area contributed by atoms with Gasteiger partial charge in [0.05, 0.1) is 7.11 Å². The van der Waals surface area contributed by atoms with Gasteiger partial charge < -0.3 is 15.2 Å². The van der Waals surface area contributed by atoms with Crippen molar-refractivity contribution >= 4 is 0 Å². The number of aryl methyl sites for hydroxylation is 1. The summed E-state index contributed by atoms with van der Waals surface area (Å²) in [6.07, 6.45) is 0. The van der Waals surface area contributed by atoms with Crippen molar-refractivity contribution < 1.29 is 9.47 Å². The molecule has 0 spiro atoms. The van der Waals surface area contributed by atoms with Crippen LogP contribution in [0.5, 0.6) is 11.5 Å². The van der Waals surface area contributed by atoms with Gasteiger partial charge in [-0.05, 0) is 30.7 Å². The third-order valence-electron chi connectivity index (χ3n) is 3.00. The van der Waals surface area contributed by atoms with Gasteiger partial charge in [0, 0.05) is 12.1 Å². The summed E-state index contributed by atoms with van der Waals surface area (Å²) in [7, 11) is 1.65. The second-order valence-electron chi connectivity index (χ2n) is 4.45. The molecule has 3 nitrogen and oxygen atoms in total. The molecule has 0 fully saturated rings. The minimum Gasteiger partial charge on any atom is -0.496 e. The van der Waals surface area contributed by atoms with Gasteiger partial charge in [-0.2, -0.15) is 0 Å². The molecule has 0 aliphatic heterocycles. The number of hydrogen-bond donors (Lipinski definition) is 1. The van der Waals surface area contributed by atoms with E-state index in [1.807, 2.05) is 42.5 Å². The van der Waals surface area contributed by atoms with E-state index in [9.17, 15) is 0 Å². The summed E-state index contributed by atoms with van der Waals surface area (Å²) in [4.78, 5) is 0. The van der Waals surface area contributed by atoms with Gasteiger partial charge in [0.2, 0.25) is 0 Å². The van der Waals surface area contributed by atoms with E-state index in [0.717, 1.165) is 22.6 Å². The van der Waals surface area contributed by atoms with Crippen LogP contribution in [0.3, 0.4) is 0 Å². The minimum atomic E-state index is 0.474. The largest absolute Gasteiger partial charge is 0.496 e. The molecule has 3 heteroatoms. The van der Waals surface area contributed by atoms with Crippen molar-refractivity contribution in [2.45, 2.75) is 20.1 Å². The van der Waals surface area contributed by atoms with E-state index in [2.05, 4.69) is 6.92 Å². The van der Waals surface area contributed by atoms with Crippen molar-refractivity contribution in [3.63, 3.8) is 0 Å². The Morgan fingerprint density at radius 2 is 1.79 bits per heavy atom. The number of nitrogens with two attached hydrogens (primary N) is 1. The molecule has 19 heavy (non-hydrogen) atoms. The van der Waals surface area contributed by atoms with Crippen LogP contribution in [0.1, 0.15) is 16.7 Å². The Bertz CT molecular complexity index is 535. The normalized spacial score (nSPS) is 10.3. The van der Waals surface area contributed by atoms with Gasteiger partial charge >= 0.3 is 0 Å². The average molecular weight is 257 g/mol. The molecule has 0 bridgehead atoms. The Morgan fingerprint density at radius 1 is 1.05 bits per heavy atom. The fourth-order valence-corrected chi connectivity index (χ4v) is 1.85. The lowest BCUT2D eigenvalue weighted by Gasteiger charge is -2.10. The van der Waals surface area contributed by atoms with Gasteiger partial charge in [-0.25, -0.2) is 0 Å². The van der Waals surface area contributed by atoms with Crippen LogP contribution in [-0.2, 0) is 13.2 Å². The summed E-state index contributed by atoms with van der Waals surface area (Å²) < 4.78 is 11.0. The zero-order chi connectivity index (χ0) is 13.7. The molecule has 0 aliphatic carbocycles. The summed E-state index contributed by atoms with van der Waals surface area (Å²) >= 11 is 0. The molecule has 2 aromatic rings. The summed E-state index contributed by atoms with van der Waals surface area (Å²) in [5.74, 6) is 1.68. The fourth-order valence-electron chi connectivity index (χ4n) is 1.85. The summed E-state index contributed by atoms with van der Waals surface area (Å²) in [5, 5.41) is 0. The first kappa shape index (κ1) is 13.4. The first-order valence-electron chi connectivity index (χ1n) is 6.28. The Hall–Kier alpha value is -2.00. The van der Waals surface area contributed by atoms with Crippen LogP contribution < -0.4 is 15.2 Å². The Balaban J connectivity index is 2.05.